The lowest BCUT2D eigenvalue weighted by molar-refractivity contribution is -0.139. The van der Waals surface area contributed by atoms with Gasteiger partial charge in [-0.05, 0) is 38.1 Å². The molecule has 1 aromatic carbocycles. The molecule has 6 heteroatoms. The molecular formula is C14H20F3NO2. The minimum absolute atomic E-state index is 0.183. The molecule has 0 aliphatic carbocycles. The maximum atomic E-state index is 13.0. The second kappa shape index (κ2) is 6.45. The van der Waals surface area contributed by atoms with E-state index in [1.165, 1.54) is 13.0 Å². The number of alkyl halides is 3. The first-order chi connectivity index (χ1) is 9.19. The van der Waals surface area contributed by atoms with Crippen LogP contribution < -0.4 is 10.1 Å². The predicted octanol–water partition coefficient (Wildman–Crippen LogP) is 2.96. The highest BCUT2D eigenvalue weighted by Gasteiger charge is 2.35. The van der Waals surface area contributed by atoms with Gasteiger partial charge in [0.25, 0.3) is 0 Å². The van der Waals surface area contributed by atoms with Crippen LogP contribution in [-0.4, -0.2) is 24.4 Å². The number of hydrogen-bond acceptors (Lipinski definition) is 3. The van der Waals surface area contributed by atoms with Crippen LogP contribution in [0.2, 0.25) is 0 Å². The van der Waals surface area contributed by atoms with Gasteiger partial charge in [-0.25, -0.2) is 0 Å². The number of nitrogens with one attached hydrogen (secondary N) is 1. The summed E-state index contributed by atoms with van der Waals surface area (Å²) in [5, 5.41) is 12.6. The van der Waals surface area contributed by atoms with Gasteiger partial charge in [-0.1, -0.05) is 13.0 Å². The summed E-state index contributed by atoms with van der Waals surface area (Å²) in [5.41, 5.74) is -1.45. The van der Waals surface area contributed by atoms with Crippen molar-refractivity contribution in [2.24, 2.45) is 0 Å². The predicted molar refractivity (Wildman–Crippen MR) is 70.6 cm³/mol. The zero-order chi connectivity index (χ0) is 15.4. The summed E-state index contributed by atoms with van der Waals surface area (Å²) < 4.78 is 44.2. The van der Waals surface area contributed by atoms with Crippen molar-refractivity contribution in [1.29, 1.82) is 0 Å². The van der Waals surface area contributed by atoms with Crippen LogP contribution in [0.15, 0.2) is 18.2 Å². The molecule has 0 saturated heterocycles. The molecular weight excluding hydrogens is 271 g/mol. The summed E-state index contributed by atoms with van der Waals surface area (Å²) in [6, 6.07) is 3.93. The Morgan fingerprint density at radius 1 is 1.30 bits per heavy atom. The van der Waals surface area contributed by atoms with Gasteiger partial charge in [-0.2, -0.15) is 13.2 Å². The van der Waals surface area contributed by atoms with E-state index in [0.29, 0.717) is 18.5 Å². The van der Waals surface area contributed by atoms with Crippen molar-refractivity contribution in [3.05, 3.63) is 29.3 Å². The molecule has 1 atom stereocenters. The molecule has 20 heavy (non-hydrogen) atoms. The Bertz CT molecular complexity index is 445. The van der Waals surface area contributed by atoms with Crippen LogP contribution in [0.3, 0.4) is 0 Å². The van der Waals surface area contributed by atoms with Gasteiger partial charge in [0.05, 0.1) is 11.2 Å². The van der Waals surface area contributed by atoms with Crippen LogP contribution >= 0.6 is 0 Å². The van der Waals surface area contributed by atoms with Gasteiger partial charge in [0.2, 0.25) is 0 Å². The third-order valence-electron chi connectivity index (χ3n) is 3.03. The van der Waals surface area contributed by atoms with E-state index < -0.39 is 17.3 Å². The smallest absolute Gasteiger partial charge is 0.419 e. The molecule has 0 fully saturated rings. The van der Waals surface area contributed by atoms with Crippen LogP contribution in [0.1, 0.15) is 31.4 Å². The SMILES string of the molecule is CCC(C)(O)COc1ccc(CNC)cc1C(F)(F)F. The van der Waals surface area contributed by atoms with E-state index in [-0.39, 0.29) is 12.4 Å². The average molecular weight is 291 g/mol. The average Bonchev–Trinajstić information content (AvgIpc) is 2.36. The largest absolute Gasteiger partial charge is 0.490 e. The van der Waals surface area contributed by atoms with Crippen LogP contribution in [0.5, 0.6) is 5.75 Å². The van der Waals surface area contributed by atoms with Gasteiger partial charge < -0.3 is 15.2 Å². The second-order valence-electron chi connectivity index (χ2n) is 5.00. The van der Waals surface area contributed by atoms with Gasteiger partial charge in [-0.3, -0.25) is 0 Å². The zero-order valence-electron chi connectivity index (χ0n) is 11.8. The molecule has 0 bridgehead atoms. The Morgan fingerprint density at radius 2 is 1.95 bits per heavy atom. The summed E-state index contributed by atoms with van der Waals surface area (Å²) in [5.74, 6) is -0.258. The van der Waals surface area contributed by atoms with Crippen LogP contribution in [0.4, 0.5) is 13.2 Å². The summed E-state index contributed by atoms with van der Waals surface area (Å²) in [6.45, 7) is 3.42. The first-order valence-electron chi connectivity index (χ1n) is 6.39. The van der Waals surface area contributed by atoms with E-state index in [9.17, 15) is 18.3 Å². The topological polar surface area (TPSA) is 41.5 Å². The highest BCUT2D eigenvalue weighted by atomic mass is 19.4. The maximum Gasteiger partial charge on any atom is 0.419 e. The van der Waals surface area contributed by atoms with Gasteiger partial charge in [0, 0.05) is 6.54 Å². The number of rotatable bonds is 6. The summed E-state index contributed by atoms with van der Waals surface area (Å²) in [6.07, 6.45) is -4.09. The molecule has 1 rings (SSSR count). The normalized spacial score (nSPS) is 14.9. The molecule has 0 aliphatic rings. The standard InChI is InChI=1S/C14H20F3NO2/c1-4-13(2,19)9-20-12-6-5-10(8-18-3)7-11(12)14(15,16)17/h5-7,18-19H,4,8-9H2,1-3H3. The summed E-state index contributed by atoms with van der Waals surface area (Å²) in [4.78, 5) is 0. The molecule has 2 N–H and O–H groups in total. The first-order valence-corrected chi connectivity index (χ1v) is 6.39. The van der Waals surface area contributed by atoms with Crippen molar-refractivity contribution >= 4 is 0 Å². The molecule has 0 aromatic heterocycles. The molecule has 0 radical (unpaired) electrons. The number of hydrogen-bond donors (Lipinski definition) is 2. The van der Waals surface area contributed by atoms with Crippen molar-refractivity contribution in [2.75, 3.05) is 13.7 Å². The van der Waals surface area contributed by atoms with E-state index in [2.05, 4.69) is 5.32 Å². The minimum atomic E-state index is -4.49. The zero-order valence-corrected chi connectivity index (χ0v) is 11.8. The third-order valence-corrected chi connectivity index (χ3v) is 3.03. The fourth-order valence-electron chi connectivity index (χ4n) is 1.57. The Hall–Kier alpha value is -1.27. The van der Waals surface area contributed by atoms with Crippen molar-refractivity contribution in [1.82, 2.24) is 5.32 Å². The maximum absolute atomic E-state index is 13.0. The molecule has 0 saturated carbocycles. The lowest BCUT2D eigenvalue weighted by Crippen LogP contribution is -2.31. The van der Waals surface area contributed by atoms with Gasteiger partial charge in [0.15, 0.2) is 0 Å². The van der Waals surface area contributed by atoms with Gasteiger partial charge in [0.1, 0.15) is 12.4 Å². The van der Waals surface area contributed by atoms with Gasteiger partial charge >= 0.3 is 6.18 Å². The fourth-order valence-corrected chi connectivity index (χ4v) is 1.57. The van der Waals surface area contributed by atoms with E-state index in [0.717, 1.165) is 6.07 Å². The summed E-state index contributed by atoms with van der Waals surface area (Å²) >= 11 is 0. The highest BCUT2D eigenvalue weighted by Crippen LogP contribution is 2.37. The number of ether oxygens (including phenoxy) is 1. The molecule has 0 amide bonds. The Morgan fingerprint density at radius 3 is 2.45 bits per heavy atom. The van der Waals surface area contributed by atoms with E-state index in [4.69, 9.17) is 4.74 Å². The Labute approximate surface area is 116 Å². The van der Waals surface area contributed by atoms with Crippen molar-refractivity contribution < 1.29 is 23.0 Å². The third kappa shape index (κ3) is 4.68. The number of halogens is 3. The molecule has 3 nitrogen and oxygen atoms in total. The molecule has 1 unspecified atom stereocenters. The van der Waals surface area contributed by atoms with Crippen LogP contribution in [-0.2, 0) is 12.7 Å². The molecule has 0 heterocycles. The highest BCUT2D eigenvalue weighted by molar-refractivity contribution is 5.39. The van der Waals surface area contributed by atoms with Crippen molar-refractivity contribution in [3.63, 3.8) is 0 Å². The molecule has 0 aliphatic heterocycles. The Kier molecular flexibility index (Phi) is 5.42. The monoisotopic (exact) mass is 291 g/mol. The van der Waals surface area contributed by atoms with E-state index >= 15 is 0 Å². The van der Waals surface area contributed by atoms with Gasteiger partial charge in [-0.15, -0.1) is 0 Å². The lowest BCUT2D eigenvalue weighted by atomic mass is 10.1. The lowest BCUT2D eigenvalue weighted by Gasteiger charge is -2.23. The number of benzene rings is 1. The number of aliphatic hydroxyl groups is 1. The molecule has 1 aromatic rings. The van der Waals surface area contributed by atoms with Crippen molar-refractivity contribution in [3.8, 4) is 5.75 Å². The molecule has 0 spiro atoms. The quantitative estimate of drug-likeness (QED) is 0.846. The van der Waals surface area contributed by atoms with Crippen LogP contribution in [0, 0.1) is 0 Å². The Balaban J connectivity index is 3.00. The van der Waals surface area contributed by atoms with Crippen molar-refractivity contribution in [2.45, 2.75) is 38.6 Å². The first kappa shape index (κ1) is 16.8. The molecule has 114 valence electrons. The van der Waals surface area contributed by atoms with Crippen LogP contribution in [0.25, 0.3) is 0 Å². The fraction of sp³-hybridized carbons (Fsp3) is 0.571. The van der Waals surface area contributed by atoms with E-state index in [1.54, 1.807) is 20.0 Å². The minimum Gasteiger partial charge on any atom is -0.490 e. The van der Waals surface area contributed by atoms with E-state index in [1.807, 2.05) is 0 Å². The summed E-state index contributed by atoms with van der Waals surface area (Å²) in [7, 11) is 1.66. The second-order valence-corrected chi connectivity index (χ2v) is 5.00.